The monoisotopic (exact) mass is 184 g/mol. The Hall–Kier alpha value is -0.790. The second-order valence-electron chi connectivity index (χ2n) is 3.02. The Morgan fingerprint density at radius 2 is 1.92 bits per heavy atom. The summed E-state index contributed by atoms with van der Waals surface area (Å²) in [6.07, 6.45) is 5.57. The van der Waals surface area contributed by atoms with Crippen LogP contribution in [-0.2, 0) is 9.53 Å². The molecule has 0 spiro atoms. The van der Waals surface area contributed by atoms with Crippen molar-refractivity contribution in [1.82, 2.24) is 0 Å². The third-order valence-corrected chi connectivity index (χ3v) is 1.67. The van der Waals surface area contributed by atoms with Crippen LogP contribution in [0.5, 0.6) is 0 Å². The fourth-order valence-corrected chi connectivity index (χ4v) is 1.09. The van der Waals surface area contributed by atoms with Gasteiger partial charge in [-0.05, 0) is 19.3 Å². The van der Waals surface area contributed by atoms with E-state index >= 15 is 0 Å². The zero-order valence-electron chi connectivity index (χ0n) is 8.93. The zero-order chi connectivity index (χ0) is 10.1. The molecule has 0 radical (unpaired) electrons. The van der Waals surface area contributed by atoms with E-state index in [-0.39, 0.29) is 5.97 Å². The van der Waals surface area contributed by atoms with Crippen LogP contribution in [0.4, 0.5) is 0 Å². The minimum absolute atomic E-state index is 0.134. The van der Waals surface area contributed by atoms with Crippen LogP contribution in [-0.4, -0.2) is 12.6 Å². The van der Waals surface area contributed by atoms with Gasteiger partial charge in [0.25, 0.3) is 0 Å². The van der Waals surface area contributed by atoms with Crippen LogP contribution in [0.3, 0.4) is 0 Å². The van der Waals surface area contributed by atoms with Crippen molar-refractivity contribution in [2.75, 3.05) is 6.61 Å². The Kier molecular flexibility index (Phi) is 7.36. The third kappa shape index (κ3) is 5.45. The lowest BCUT2D eigenvalue weighted by Crippen LogP contribution is -2.08. The molecule has 0 N–H and O–H groups in total. The van der Waals surface area contributed by atoms with E-state index < -0.39 is 0 Å². The molecule has 0 rings (SSSR count). The van der Waals surface area contributed by atoms with Gasteiger partial charge in [-0.3, -0.25) is 0 Å². The van der Waals surface area contributed by atoms with Gasteiger partial charge in [0.15, 0.2) is 0 Å². The van der Waals surface area contributed by atoms with Gasteiger partial charge in [-0.2, -0.15) is 0 Å². The second-order valence-corrected chi connectivity index (χ2v) is 3.02. The molecule has 2 heteroatoms. The van der Waals surface area contributed by atoms with Crippen LogP contribution < -0.4 is 0 Å². The predicted octanol–water partition coefficient (Wildman–Crippen LogP) is 3.08. The molecule has 0 fully saturated rings. The lowest BCUT2D eigenvalue weighted by Gasteiger charge is -2.05. The Bertz CT molecular complexity index is 171. The molecule has 0 aromatic carbocycles. The Morgan fingerprint density at radius 3 is 2.38 bits per heavy atom. The van der Waals surface area contributed by atoms with Crippen molar-refractivity contribution in [1.29, 1.82) is 0 Å². The number of ether oxygens (including phenoxy) is 1. The summed E-state index contributed by atoms with van der Waals surface area (Å²) in [4.78, 5) is 11.4. The van der Waals surface area contributed by atoms with E-state index in [0.29, 0.717) is 6.61 Å². The van der Waals surface area contributed by atoms with E-state index in [0.717, 1.165) is 31.3 Å². The van der Waals surface area contributed by atoms with Gasteiger partial charge in [-0.25, -0.2) is 4.79 Å². The molecule has 76 valence electrons. The lowest BCUT2D eigenvalue weighted by molar-refractivity contribution is -0.139. The largest absolute Gasteiger partial charge is 0.462 e. The SMILES string of the molecule is CCC=C(CCC)C(=O)OCCC. The van der Waals surface area contributed by atoms with Gasteiger partial charge < -0.3 is 4.74 Å². The van der Waals surface area contributed by atoms with Crippen LogP contribution in [0.25, 0.3) is 0 Å². The van der Waals surface area contributed by atoms with Crippen molar-refractivity contribution in [2.45, 2.75) is 46.5 Å². The molecule has 0 atom stereocenters. The number of esters is 1. The molecule has 0 heterocycles. The minimum Gasteiger partial charge on any atom is -0.462 e. The highest BCUT2D eigenvalue weighted by Crippen LogP contribution is 2.08. The number of carbonyl (C=O) groups is 1. The highest BCUT2D eigenvalue weighted by molar-refractivity contribution is 5.88. The van der Waals surface area contributed by atoms with Crippen molar-refractivity contribution in [2.24, 2.45) is 0 Å². The van der Waals surface area contributed by atoms with E-state index in [1.807, 2.05) is 19.9 Å². The maximum Gasteiger partial charge on any atom is 0.333 e. The summed E-state index contributed by atoms with van der Waals surface area (Å²) < 4.78 is 5.05. The first-order valence-corrected chi connectivity index (χ1v) is 5.12. The molecular formula is C11H20O2. The first kappa shape index (κ1) is 12.2. The third-order valence-electron chi connectivity index (χ3n) is 1.67. The minimum atomic E-state index is -0.134. The lowest BCUT2D eigenvalue weighted by atomic mass is 10.1. The van der Waals surface area contributed by atoms with Gasteiger partial charge in [0.05, 0.1) is 6.61 Å². The highest BCUT2D eigenvalue weighted by Gasteiger charge is 2.08. The molecule has 0 saturated heterocycles. The van der Waals surface area contributed by atoms with Crippen molar-refractivity contribution >= 4 is 5.97 Å². The molecule has 0 unspecified atom stereocenters. The van der Waals surface area contributed by atoms with Gasteiger partial charge in [-0.15, -0.1) is 0 Å². The topological polar surface area (TPSA) is 26.3 Å². The molecule has 0 aliphatic heterocycles. The van der Waals surface area contributed by atoms with Gasteiger partial charge in [0.2, 0.25) is 0 Å². The molecule has 2 nitrogen and oxygen atoms in total. The number of hydrogen-bond donors (Lipinski definition) is 0. The number of rotatable bonds is 6. The fourth-order valence-electron chi connectivity index (χ4n) is 1.09. The van der Waals surface area contributed by atoms with Crippen LogP contribution in [0.1, 0.15) is 46.5 Å². The normalized spacial score (nSPS) is 11.5. The summed E-state index contributed by atoms with van der Waals surface area (Å²) in [6.45, 7) is 6.62. The number of hydrogen-bond acceptors (Lipinski definition) is 2. The van der Waals surface area contributed by atoms with E-state index in [2.05, 4.69) is 6.92 Å². The standard InChI is InChI=1S/C11H20O2/c1-4-7-10(8-5-2)11(12)13-9-6-3/h7H,4-6,8-9H2,1-3H3. The molecule has 13 heavy (non-hydrogen) atoms. The summed E-state index contributed by atoms with van der Waals surface area (Å²) in [5.41, 5.74) is 0.832. The Balaban J connectivity index is 4.04. The number of allylic oxidation sites excluding steroid dienone is 1. The summed E-state index contributed by atoms with van der Waals surface area (Å²) in [6, 6.07) is 0. The smallest absolute Gasteiger partial charge is 0.333 e. The van der Waals surface area contributed by atoms with Crippen molar-refractivity contribution < 1.29 is 9.53 Å². The number of carbonyl (C=O) groups excluding carboxylic acids is 1. The van der Waals surface area contributed by atoms with E-state index in [1.54, 1.807) is 0 Å². The summed E-state index contributed by atoms with van der Waals surface area (Å²) >= 11 is 0. The van der Waals surface area contributed by atoms with Crippen molar-refractivity contribution in [3.05, 3.63) is 11.6 Å². The van der Waals surface area contributed by atoms with Gasteiger partial charge >= 0.3 is 5.97 Å². The van der Waals surface area contributed by atoms with Crippen molar-refractivity contribution in [3.8, 4) is 0 Å². The molecular weight excluding hydrogens is 164 g/mol. The van der Waals surface area contributed by atoms with Gasteiger partial charge in [0, 0.05) is 5.57 Å². The van der Waals surface area contributed by atoms with E-state index in [4.69, 9.17) is 4.74 Å². The first-order valence-electron chi connectivity index (χ1n) is 5.12. The zero-order valence-corrected chi connectivity index (χ0v) is 8.93. The maximum absolute atomic E-state index is 11.4. The maximum atomic E-state index is 11.4. The van der Waals surface area contributed by atoms with Crippen LogP contribution in [0.15, 0.2) is 11.6 Å². The molecule has 0 amide bonds. The van der Waals surface area contributed by atoms with Gasteiger partial charge in [-0.1, -0.05) is 33.3 Å². The molecule has 0 bridgehead atoms. The average Bonchev–Trinajstić information content (AvgIpc) is 2.14. The molecule has 0 aliphatic rings. The fraction of sp³-hybridized carbons (Fsp3) is 0.727. The Morgan fingerprint density at radius 1 is 1.23 bits per heavy atom. The molecule has 0 aromatic heterocycles. The van der Waals surface area contributed by atoms with Crippen molar-refractivity contribution in [3.63, 3.8) is 0 Å². The first-order chi connectivity index (χ1) is 6.26. The van der Waals surface area contributed by atoms with E-state index in [9.17, 15) is 4.79 Å². The van der Waals surface area contributed by atoms with Crippen LogP contribution >= 0.6 is 0 Å². The highest BCUT2D eigenvalue weighted by atomic mass is 16.5. The van der Waals surface area contributed by atoms with Crippen LogP contribution in [0, 0.1) is 0 Å². The molecule has 0 saturated carbocycles. The predicted molar refractivity (Wildman–Crippen MR) is 54.5 cm³/mol. The average molecular weight is 184 g/mol. The summed E-state index contributed by atoms with van der Waals surface area (Å²) in [7, 11) is 0. The second kappa shape index (κ2) is 7.84. The van der Waals surface area contributed by atoms with E-state index in [1.165, 1.54) is 0 Å². The molecule has 0 aromatic rings. The Labute approximate surface area is 81.0 Å². The molecule has 0 aliphatic carbocycles. The quantitative estimate of drug-likeness (QED) is 0.468. The van der Waals surface area contributed by atoms with Crippen LogP contribution in [0.2, 0.25) is 0 Å². The summed E-state index contributed by atoms with van der Waals surface area (Å²) in [5, 5.41) is 0. The van der Waals surface area contributed by atoms with Gasteiger partial charge in [0.1, 0.15) is 0 Å². The summed E-state index contributed by atoms with van der Waals surface area (Å²) in [5.74, 6) is -0.134.